The van der Waals surface area contributed by atoms with E-state index in [0.717, 1.165) is 32.4 Å². The Bertz CT molecular complexity index is 236. The number of rotatable bonds is 4. The molecule has 0 amide bonds. The van der Waals surface area contributed by atoms with Gasteiger partial charge < -0.3 is 15.8 Å². The van der Waals surface area contributed by atoms with E-state index in [1.54, 1.807) is 0 Å². The maximum absolute atomic E-state index is 8.75. The molecule has 0 spiro atoms. The summed E-state index contributed by atoms with van der Waals surface area (Å²) in [6.45, 7) is 4.32. The van der Waals surface area contributed by atoms with Crippen molar-refractivity contribution in [1.82, 2.24) is 9.80 Å². The number of amidine groups is 1. The first kappa shape index (κ1) is 13.3. The first-order valence-electron chi connectivity index (χ1n) is 5.98. The highest BCUT2D eigenvalue weighted by Crippen LogP contribution is 2.17. The van der Waals surface area contributed by atoms with Crippen molar-refractivity contribution < 1.29 is 5.21 Å². The average molecular weight is 228 g/mol. The predicted octanol–water partition coefficient (Wildman–Crippen LogP) is 0.537. The van der Waals surface area contributed by atoms with Crippen molar-refractivity contribution in [2.24, 2.45) is 10.9 Å². The summed E-state index contributed by atoms with van der Waals surface area (Å²) in [6, 6.07) is 0.597. The van der Waals surface area contributed by atoms with Crippen LogP contribution in [0.1, 0.15) is 26.2 Å². The molecule has 0 aromatic rings. The van der Waals surface area contributed by atoms with Gasteiger partial charge in [-0.1, -0.05) is 12.1 Å². The monoisotopic (exact) mass is 228 g/mol. The zero-order valence-corrected chi connectivity index (χ0v) is 10.6. The smallest absolute Gasteiger partial charge is 0.156 e. The van der Waals surface area contributed by atoms with Gasteiger partial charge >= 0.3 is 0 Å². The molecule has 0 aromatic carbocycles. The molecule has 3 N–H and O–H groups in total. The van der Waals surface area contributed by atoms with Crippen LogP contribution in [0.4, 0.5) is 0 Å². The first-order valence-corrected chi connectivity index (χ1v) is 5.98. The van der Waals surface area contributed by atoms with Crippen LogP contribution < -0.4 is 5.73 Å². The van der Waals surface area contributed by atoms with E-state index in [4.69, 9.17) is 10.9 Å². The number of hydrogen-bond acceptors (Lipinski definition) is 4. The average Bonchev–Trinajstić information content (AvgIpc) is 2.30. The number of nitrogens with two attached hydrogens (primary N) is 1. The lowest BCUT2D eigenvalue weighted by Gasteiger charge is -2.38. The fourth-order valence-corrected chi connectivity index (χ4v) is 2.43. The van der Waals surface area contributed by atoms with Crippen molar-refractivity contribution in [3.8, 4) is 0 Å². The van der Waals surface area contributed by atoms with Crippen LogP contribution in [0.3, 0.4) is 0 Å². The van der Waals surface area contributed by atoms with Gasteiger partial charge in [0.15, 0.2) is 5.84 Å². The third-order valence-electron chi connectivity index (χ3n) is 3.60. The molecular weight excluding hydrogens is 204 g/mol. The molecule has 5 nitrogen and oxygen atoms in total. The molecule has 1 rings (SSSR count). The zero-order valence-electron chi connectivity index (χ0n) is 10.6. The molecule has 1 atom stereocenters. The Morgan fingerprint density at radius 2 is 2.12 bits per heavy atom. The summed E-state index contributed by atoms with van der Waals surface area (Å²) < 4.78 is 0. The molecule has 1 saturated heterocycles. The summed E-state index contributed by atoms with van der Waals surface area (Å²) in [4.78, 5) is 4.59. The van der Waals surface area contributed by atoms with Gasteiger partial charge in [-0.2, -0.15) is 0 Å². The highest BCUT2D eigenvalue weighted by atomic mass is 16.4. The van der Waals surface area contributed by atoms with Gasteiger partial charge in [-0.05, 0) is 46.4 Å². The van der Waals surface area contributed by atoms with Gasteiger partial charge in [0.1, 0.15) is 0 Å². The molecule has 1 aliphatic rings. The van der Waals surface area contributed by atoms with Crippen LogP contribution in [0, 0.1) is 0 Å². The molecule has 16 heavy (non-hydrogen) atoms. The van der Waals surface area contributed by atoms with Crippen LogP contribution in [-0.4, -0.2) is 60.1 Å². The fraction of sp³-hybridized carbons (Fsp3) is 0.909. The van der Waals surface area contributed by atoms with Gasteiger partial charge in [-0.3, -0.25) is 4.90 Å². The fourth-order valence-electron chi connectivity index (χ4n) is 2.43. The lowest BCUT2D eigenvalue weighted by molar-refractivity contribution is 0.126. The first-order chi connectivity index (χ1) is 7.60. The lowest BCUT2D eigenvalue weighted by Crippen LogP contribution is -2.50. The second-order valence-electron chi connectivity index (χ2n) is 4.65. The largest absolute Gasteiger partial charge is 0.409 e. The lowest BCUT2D eigenvalue weighted by atomic mass is 10.0. The molecule has 94 valence electrons. The summed E-state index contributed by atoms with van der Waals surface area (Å²) in [5.41, 5.74) is 5.71. The molecule has 0 saturated carbocycles. The minimum atomic E-state index is 0.0541. The van der Waals surface area contributed by atoms with E-state index in [0.29, 0.717) is 11.9 Å². The topological polar surface area (TPSA) is 65.1 Å². The maximum atomic E-state index is 8.75. The minimum Gasteiger partial charge on any atom is -0.409 e. The van der Waals surface area contributed by atoms with E-state index < -0.39 is 0 Å². The van der Waals surface area contributed by atoms with Crippen LogP contribution in [0.25, 0.3) is 0 Å². The van der Waals surface area contributed by atoms with Crippen molar-refractivity contribution >= 4 is 5.84 Å². The van der Waals surface area contributed by atoms with Crippen molar-refractivity contribution in [2.75, 3.05) is 27.2 Å². The molecule has 1 heterocycles. The van der Waals surface area contributed by atoms with Crippen LogP contribution in [0.5, 0.6) is 0 Å². The Labute approximate surface area is 97.9 Å². The van der Waals surface area contributed by atoms with Crippen LogP contribution in [0.2, 0.25) is 0 Å². The Hall–Kier alpha value is -0.810. The number of likely N-dealkylation sites (tertiary alicyclic amines) is 1. The van der Waals surface area contributed by atoms with E-state index in [2.05, 4.69) is 36.0 Å². The Morgan fingerprint density at radius 1 is 1.56 bits per heavy atom. The number of oxime groups is 1. The normalized spacial score (nSPS) is 22.6. The highest BCUT2D eigenvalue weighted by Gasteiger charge is 2.27. The van der Waals surface area contributed by atoms with Crippen LogP contribution >= 0.6 is 0 Å². The molecule has 5 heteroatoms. The minimum absolute atomic E-state index is 0.0541. The SMILES string of the molecule is CCC(C(N)=NO)N(C)C1CCN(C)CC1. The van der Waals surface area contributed by atoms with Gasteiger partial charge in [0.25, 0.3) is 0 Å². The number of piperidine rings is 1. The maximum Gasteiger partial charge on any atom is 0.156 e. The molecule has 0 aromatic heterocycles. The summed E-state index contributed by atoms with van der Waals surface area (Å²) in [7, 11) is 4.22. The molecule has 0 aliphatic carbocycles. The predicted molar refractivity (Wildman–Crippen MR) is 65.8 cm³/mol. The van der Waals surface area contributed by atoms with E-state index in [9.17, 15) is 0 Å². The third kappa shape index (κ3) is 3.09. The molecule has 0 radical (unpaired) electrons. The van der Waals surface area contributed by atoms with Crippen molar-refractivity contribution in [3.63, 3.8) is 0 Å². The molecular formula is C11H24N4O. The van der Waals surface area contributed by atoms with Crippen molar-refractivity contribution in [2.45, 2.75) is 38.3 Å². The quantitative estimate of drug-likeness (QED) is 0.319. The van der Waals surface area contributed by atoms with Crippen LogP contribution in [-0.2, 0) is 0 Å². The Kier molecular flexibility index (Phi) is 5.02. The summed E-state index contributed by atoms with van der Waals surface area (Å²) in [5, 5.41) is 11.9. The second-order valence-corrected chi connectivity index (χ2v) is 4.65. The van der Waals surface area contributed by atoms with E-state index in [1.165, 1.54) is 0 Å². The van der Waals surface area contributed by atoms with Gasteiger partial charge in [-0.25, -0.2) is 0 Å². The number of hydrogen-bond donors (Lipinski definition) is 2. The molecule has 1 aliphatic heterocycles. The molecule has 0 bridgehead atoms. The number of likely N-dealkylation sites (N-methyl/N-ethyl adjacent to an activating group) is 1. The van der Waals surface area contributed by atoms with Gasteiger partial charge in [0.05, 0.1) is 6.04 Å². The molecule has 1 fully saturated rings. The summed E-state index contributed by atoms with van der Waals surface area (Å²) in [5.74, 6) is 0.323. The van der Waals surface area contributed by atoms with Crippen LogP contribution in [0.15, 0.2) is 5.16 Å². The van der Waals surface area contributed by atoms with E-state index in [-0.39, 0.29) is 6.04 Å². The second kappa shape index (κ2) is 6.06. The molecule has 1 unspecified atom stereocenters. The van der Waals surface area contributed by atoms with Gasteiger partial charge in [0, 0.05) is 6.04 Å². The highest BCUT2D eigenvalue weighted by molar-refractivity contribution is 5.85. The standard InChI is InChI=1S/C11H24N4O/c1-4-10(11(12)13-16)15(3)9-5-7-14(2)8-6-9/h9-10,16H,4-8H2,1-3H3,(H2,12,13). The summed E-state index contributed by atoms with van der Waals surface area (Å²) in [6.07, 6.45) is 3.18. The summed E-state index contributed by atoms with van der Waals surface area (Å²) >= 11 is 0. The van der Waals surface area contributed by atoms with Crippen molar-refractivity contribution in [1.29, 1.82) is 0 Å². The number of nitrogens with zero attached hydrogens (tertiary/aromatic N) is 3. The van der Waals surface area contributed by atoms with E-state index >= 15 is 0 Å². The third-order valence-corrected chi connectivity index (χ3v) is 3.60. The zero-order chi connectivity index (χ0) is 12.1. The van der Waals surface area contributed by atoms with E-state index in [1.807, 2.05) is 0 Å². The Morgan fingerprint density at radius 3 is 2.56 bits per heavy atom. The van der Waals surface area contributed by atoms with Gasteiger partial charge in [0.2, 0.25) is 0 Å². The van der Waals surface area contributed by atoms with Crippen molar-refractivity contribution in [3.05, 3.63) is 0 Å². The Balaban J connectivity index is 2.57. The van der Waals surface area contributed by atoms with Gasteiger partial charge in [-0.15, -0.1) is 0 Å².